The molecule has 0 saturated carbocycles. The Morgan fingerprint density at radius 2 is 1.89 bits per heavy atom. The molecule has 3 aliphatic rings. The van der Waals surface area contributed by atoms with Crippen LogP contribution in [0.25, 0.3) is 0 Å². The van der Waals surface area contributed by atoms with E-state index in [9.17, 15) is 9.90 Å². The molecular weight excluding hydrogens is 340 g/mol. The van der Waals surface area contributed by atoms with Gasteiger partial charge in [-0.15, -0.1) is 0 Å². The van der Waals surface area contributed by atoms with Gasteiger partial charge in [-0.05, 0) is 68.2 Å². The van der Waals surface area contributed by atoms with Crippen LogP contribution in [-0.2, 0) is 21.4 Å². The van der Waals surface area contributed by atoms with Gasteiger partial charge in [0.25, 0.3) is 5.91 Å². The van der Waals surface area contributed by atoms with Crippen LogP contribution in [0.4, 0.5) is 0 Å². The normalized spacial score (nSPS) is 27.9. The number of nitrogens with zero attached hydrogens (tertiary/aromatic N) is 2. The van der Waals surface area contributed by atoms with E-state index >= 15 is 0 Å². The standard InChI is InChI=1S/C22H32N2O3/c1-27-16-15-24-12-4-8-22(26,20(24)25)17-23-13-10-21(11-14-23)9-7-18-5-2-3-6-19(18)21/h2-3,5-6,26H,4,7-17H2,1H3/t22-/m1/s1. The number of aryl methyl sites for hydroxylation is 1. The van der Waals surface area contributed by atoms with Crippen LogP contribution in [0, 0.1) is 0 Å². The molecule has 0 radical (unpaired) electrons. The second-order valence-electron chi connectivity index (χ2n) is 8.63. The van der Waals surface area contributed by atoms with Crippen LogP contribution in [0.5, 0.6) is 0 Å². The van der Waals surface area contributed by atoms with Gasteiger partial charge in [0.15, 0.2) is 5.60 Å². The molecule has 1 spiro atoms. The van der Waals surface area contributed by atoms with Crippen LogP contribution in [-0.4, -0.2) is 72.9 Å². The minimum Gasteiger partial charge on any atom is -0.383 e. The van der Waals surface area contributed by atoms with Crippen LogP contribution in [0.3, 0.4) is 0 Å². The molecule has 2 aliphatic heterocycles. The minimum absolute atomic E-state index is 0.114. The molecule has 2 heterocycles. The molecule has 5 nitrogen and oxygen atoms in total. The summed E-state index contributed by atoms with van der Waals surface area (Å²) in [5, 5.41) is 11.1. The molecule has 27 heavy (non-hydrogen) atoms. The van der Waals surface area contributed by atoms with E-state index in [1.807, 2.05) is 0 Å². The Hall–Kier alpha value is -1.43. The number of likely N-dealkylation sites (tertiary alicyclic amines) is 2. The Balaban J connectivity index is 1.38. The second-order valence-corrected chi connectivity index (χ2v) is 8.63. The zero-order valence-electron chi connectivity index (χ0n) is 16.5. The highest BCUT2D eigenvalue weighted by Gasteiger charge is 2.46. The molecule has 0 aromatic heterocycles. The summed E-state index contributed by atoms with van der Waals surface area (Å²) in [5.41, 5.74) is 2.14. The second kappa shape index (κ2) is 7.53. The molecule has 1 aliphatic carbocycles. The van der Waals surface area contributed by atoms with Gasteiger partial charge in [0, 0.05) is 26.7 Å². The number of carbonyl (C=O) groups is 1. The van der Waals surface area contributed by atoms with Crippen molar-refractivity contribution in [2.75, 3.05) is 46.4 Å². The van der Waals surface area contributed by atoms with Crippen LogP contribution in [0.1, 0.15) is 43.2 Å². The van der Waals surface area contributed by atoms with Crippen molar-refractivity contribution in [2.45, 2.75) is 49.5 Å². The number of hydrogen-bond acceptors (Lipinski definition) is 4. The van der Waals surface area contributed by atoms with Crippen LogP contribution in [0.2, 0.25) is 0 Å². The van der Waals surface area contributed by atoms with E-state index in [1.54, 1.807) is 17.6 Å². The summed E-state index contributed by atoms with van der Waals surface area (Å²) in [6.07, 6.45) is 6.11. The number of amides is 1. The maximum Gasteiger partial charge on any atom is 0.255 e. The lowest BCUT2D eigenvalue weighted by Gasteiger charge is -2.45. The molecule has 2 fully saturated rings. The smallest absolute Gasteiger partial charge is 0.255 e. The van der Waals surface area contributed by atoms with Gasteiger partial charge in [-0.3, -0.25) is 9.69 Å². The van der Waals surface area contributed by atoms with Gasteiger partial charge in [0.05, 0.1) is 6.61 Å². The van der Waals surface area contributed by atoms with Crippen molar-refractivity contribution in [1.29, 1.82) is 0 Å². The largest absolute Gasteiger partial charge is 0.383 e. The number of rotatable bonds is 5. The van der Waals surface area contributed by atoms with Crippen molar-refractivity contribution < 1.29 is 14.6 Å². The summed E-state index contributed by atoms with van der Waals surface area (Å²) in [7, 11) is 1.64. The lowest BCUT2D eigenvalue weighted by Crippen LogP contribution is -2.60. The summed E-state index contributed by atoms with van der Waals surface area (Å²) in [4.78, 5) is 16.9. The Labute approximate surface area is 162 Å². The van der Waals surface area contributed by atoms with Gasteiger partial charge in [-0.25, -0.2) is 0 Å². The van der Waals surface area contributed by atoms with Gasteiger partial charge in [-0.2, -0.15) is 0 Å². The monoisotopic (exact) mass is 372 g/mol. The summed E-state index contributed by atoms with van der Waals surface area (Å²) in [6.45, 7) is 4.20. The van der Waals surface area contributed by atoms with Gasteiger partial charge >= 0.3 is 0 Å². The van der Waals surface area contributed by atoms with Gasteiger partial charge in [0.1, 0.15) is 0 Å². The summed E-state index contributed by atoms with van der Waals surface area (Å²) < 4.78 is 5.11. The number of aliphatic hydroxyl groups is 1. The maximum atomic E-state index is 12.8. The number of piperidine rings is 2. The number of β-amino-alcohol motifs (C(OH)–C–C–N with tert-alkyl or cyclic N) is 1. The van der Waals surface area contributed by atoms with Gasteiger partial charge in [-0.1, -0.05) is 24.3 Å². The fraction of sp³-hybridized carbons (Fsp3) is 0.682. The highest BCUT2D eigenvalue weighted by Crippen LogP contribution is 2.46. The van der Waals surface area contributed by atoms with E-state index in [2.05, 4.69) is 29.2 Å². The molecular formula is C22H32N2O3. The SMILES string of the molecule is COCCN1CCC[C@@](O)(CN2CCC3(CCc4ccccc43)CC2)C1=O. The average molecular weight is 373 g/mol. The van der Waals surface area contributed by atoms with Crippen molar-refractivity contribution in [3.8, 4) is 0 Å². The quantitative estimate of drug-likeness (QED) is 0.859. The first-order chi connectivity index (χ1) is 13.1. The van der Waals surface area contributed by atoms with Crippen molar-refractivity contribution in [2.24, 2.45) is 0 Å². The number of ether oxygens (including phenoxy) is 1. The van der Waals surface area contributed by atoms with Crippen molar-refractivity contribution in [1.82, 2.24) is 9.80 Å². The Morgan fingerprint density at radius 3 is 2.67 bits per heavy atom. The zero-order chi connectivity index (χ0) is 18.9. The summed E-state index contributed by atoms with van der Waals surface area (Å²) >= 11 is 0. The predicted molar refractivity (Wildman–Crippen MR) is 105 cm³/mol. The van der Waals surface area contributed by atoms with E-state index in [1.165, 1.54) is 18.4 Å². The predicted octanol–water partition coefficient (Wildman–Crippen LogP) is 1.97. The van der Waals surface area contributed by atoms with Crippen LogP contribution < -0.4 is 0 Å². The number of methoxy groups -OCH3 is 1. The van der Waals surface area contributed by atoms with Crippen LogP contribution in [0.15, 0.2) is 24.3 Å². The Morgan fingerprint density at radius 1 is 1.11 bits per heavy atom. The van der Waals surface area contributed by atoms with Crippen LogP contribution >= 0.6 is 0 Å². The molecule has 0 unspecified atom stereocenters. The summed E-state index contributed by atoms with van der Waals surface area (Å²) in [5.74, 6) is -0.114. The van der Waals surface area contributed by atoms with E-state index < -0.39 is 5.60 Å². The first kappa shape index (κ1) is 18.9. The molecule has 4 rings (SSSR count). The first-order valence-corrected chi connectivity index (χ1v) is 10.4. The molecule has 2 saturated heterocycles. The first-order valence-electron chi connectivity index (χ1n) is 10.4. The van der Waals surface area contributed by atoms with Crippen molar-refractivity contribution in [3.05, 3.63) is 35.4 Å². The third-order valence-corrected chi connectivity index (χ3v) is 7.03. The number of benzene rings is 1. The van der Waals surface area contributed by atoms with E-state index in [4.69, 9.17) is 4.74 Å². The Kier molecular flexibility index (Phi) is 5.28. The fourth-order valence-corrected chi connectivity index (χ4v) is 5.42. The third kappa shape index (κ3) is 3.53. The zero-order valence-corrected chi connectivity index (χ0v) is 16.5. The molecule has 148 valence electrons. The molecule has 0 bridgehead atoms. The van der Waals surface area contributed by atoms with Gasteiger partial charge in [0.2, 0.25) is 0 Å². The number of carbonyl (C=O) groups excluding carboxylic acids is 1. The lowest BCUT2D eigenvalue weighted by atomic mass is 9.73. The van der Waals surface area contributed by atoms with Crippen molar-refractivity contribution >= 4 is 5.91 Å². The fourth-order valence-electron chi connectivity index (χ4n) is 5.42. The molecule has 1 atom stereocenters. The third-order valence-electron chi connectivity index (χ3n) is 7.03. The summed E-state index contributed by atoms with van der Waals surface area (Å²) in [6, 6.07) is 8.89. The number of fused-ring (bicyclic) bond motifs is 2. The molecule has 1 aromatic carbocycles. The van der Waals surface area contributed by atoms with E-state index in [-0.39, 0.29) is 5.91 Å². The maximum absolute atomic E-state index is 12.8. The molecule has 5 heteroatoms. The average Bonchev–Trinajstić information content (AvgIpc) is 3.04. The highest BCUT2D eigenvalue weighted by atomic mass is 16.5. The lowest BCUT2D eigenvalue weighted by molar-refractivity contribution is -0.160. The highest BCUT2D eigenvalue weighted by molar-refractivity contribution is 5.86. The van der Waals surface area contributed by atoms with E-state index in [0.717, 1.165) is 38.9 Å². The molecule has 1 aromatic rings. The van der Waals surface area contributed by atoms with Gasteiger partial charge < -0.3 is 14.7 Å². The number of hydrogen-bond donors (Lipinski definition) is 1. The Bertz CT molecular complexity index is 684. The molecule has 1 amide bonds. The van der Waals surface area contributed by atoms with Crippen molar-refractivity contribution in [3.63, 3.8) is 0 Å². The van der Waals surface area contributed by atoms with E-state index in [0.29, 0.717) is 31.5 Å². The topological polar surface area (TPSA) is 53.0 Å². The molecule has 1 N–H and O–H groups in total. The minimum atomic E-state index is -1.23.